The minimum absolute atomic E-state index is 0.0453. The molecule has 0 aliphatic heterocycles. The molecule has 0 amide bonds. The average molecular weight is 338 g/mol. The second-order valence-electron chi connectivity index (χ2n) is 5.11. The fourth-order valence-electron chi connectivity index (χ4n) is 2.19. The van der Waals surface area contributed by atoms with Gasteiger partial charge in [-0.2, -0.15) is 0 Å². The van der Waals surface area contributed by atoms with E-state index in [1.54, 1.807) is 6.07 Å². The van der Waals surface area contributed by atoms with Crippen LogP contribution in [0.2, 0.25) is 0 Å². The van der Waals surface area contributed by atoms with Crippen molar-refractivity contribution in [2.45, 2.75) is 6.92 Å². The lowest BCUT2D eigenvalue weighted by atomic mass is 10.1. The largest absolute Gasteiger partial charge is 0.494 e. The molecule has 5 nitrogen and oxygen atoms in total. The topological polar surface area (TPSA) is 61.3 Å². The van der Waals surface area contributed by atoms with Crippen LogP contribution in [0.3, 0.4) is 0 Å². The molecule has 0 unspecified atom stereocenters. The highest BCUT2D eigenvalue weighted by molar-refractivity contribution is 5.90. The number of rotatable bonds is 5. The molecular formula is C19H15FN2O3. The van der Waals surface area contributed by atoms with Crippen LogP contribution in [0.25, 0.3) is 11.3 Å². The van der Waals surface area contributed by atoms with Crippen LogP contribution in [0.1, 0.15) is 17.3 Å². The molecule has 2 aromatic carbocycles. The summed E-state index contributed by atoms with van der Waals surface area (Å²) in [5.41, 5.74) is 1.60. The van der Waals surface area contributed by atoms with E-state index in [4.69, 9.17) is 9.47 Å². The number of aromatic nitrogens is 2. The summed E-state index contributed by atoms with van der Waals surface area (Å²) < 4.78 is 23.6. The molecule has 0 N–H and O–H groups in total. The molecule has 0 bridgehead atoms. The van der Waals surface area contributed by atoms with Gasteiger partial charge in [0.15, 0.2) is 0 Å². The van der Waals surface area contributed by atoms with Crippen LogP contribution in [0.5, 0.6) is 11.6 Å². The molecule has 1 heterocycles. The summed E-state index contributed by atoms with van der Waals surface area (Å²) in [7, 11) is 0. The Kier molecular flexibility index (Phi) is 4.99. The van der Waals surface area contributed by atoms with Crippen molar-refractivity contribution in [3.8, 4) is 22.9 Å². The summed E-state index contributed by atoms with van der Waals surface area (Å²) in [6, 6.07) is 15.9. The van der Waals surface area contributed by atoms with Gasteiger partial charge in [0.2, 0.25) is 5.88 Å². The lowest BCUT2D eigenvalue weighted by Crippen LogP contribution is -2.10. The summed E-state index contributed by atoms with van der Waals surface area (Å²) in [6.45, 7) is 2.52. The Morgan fingerprint density at radius 3 is 2.48 bits per heavy atom. The van der Waals surface area contributed by atoms with E-state index in [0.717, 1.165) is 17.4 Å². The summed E-state index contributed by atoms with van der Waals surface area (Å²) in [6.07, 6.45) is 0. The molecule has 25 heavy (non-hydrogen) atoms. The molecule has 0 fully saturated rings. The van der Waals surface area contributed by atoms with Crippen molar-refractivity contribution in [1.82, 2.24) is 10.2 Å². The normalized spacial score (nSPS) is 10.3. The second-order valence-corrected chi connectivity index (χ2v) is 5.11. The van der Waals surface area contributed by atoms with E-state index in [2.05, 4.69) is 10.2 Å². The molecular weight excluding hydrogens is 323 g/mol. The van der Waals surface area contributed by atoms with Crippen molar-refractivity contribution in [2.24, 2.45) is 0 Å². The van der Waals surface area contributed by atoms with E-state index in [-0.39, 0.29) is 11.4 Å². The van der Waals surface area contributed by atoms with Crippen molar-refractivity contribution in [3.63, 3.8) is 0 Å². The third-order valence-corrected chi connectivity index (χ3v) is 3.36. The standard InChI is InChI=1S/C19H15FN2O3/c1-2-24-16-8-6-13(7-9-16)17-10-11-18(22-21-17)25-19(23)14-4-3-5-15(20)12-14/h3-12H,2H2,1H3. The Bertz CT molecular complexity index is 865. The van der Waals surface area contributed by atoms with E-state index in [0.29, 0.717) is 12.3 Å². The molecule has 0 radical (unpaired) electrons. The molecule has 0 saturated heterocycles. The first kappa shape index (κ1) is 16.6. The maximum atomic E-state index is 13.1. The third-order valence-electron chi connectivity index (χ3n) is 3.36. The van der Waals surface area contributed by atoms with Gasteiger partial charge in [-0.15, -0.1) is 10.2 Å². The third kappa shape index (κ3) is 4.17. The van der Waals surface area contributed by atoms with Crippen LogP contribution in [-0.2, 0) is 0 Å². The van der Waals surface area contributed by atoms with Crippen molar-refractivity contribution in [2.75, 3.05) is 6.61 Å². The second kappa shape index (κ2) is 7.53. The Balaban J connectivity index is 1.70. The van der Waals surface area contributed by atoms with Crippen molar-refractivity contribution >= 4 is 5.97 Å². The molecule has 3 aromatic rings. The zero-order valence-electron chi connectivity index (χ0n) is 13.5. The summed E-state index contributed by atoms with van der Waals surface area (Å²) in [4.78, 5) is 11.9. The number of carbonyl (C=O) groups excluding carboxylic acids is 1. The van der Waals surface area contributed by atoms with Gasteiger partial charge in [-0.1, -0.05) is 6.07 Å². The van der Waals surface area contributed by atoms with Gasteiger partial charge in [0.1, 0.15) is 11.6 Å². The van der Waals surface area contributed by atoms with Crippen LogP contribution < -0.4 is 9.47 Å². The zero-order valence-corrected chi connectivity index (χ0v) is 13.5. The average Bonchev–Trinajstić information content (AvgIpc) is 2.63. The number of halogens is 1. The van der Waals surface area contributed by atoms with Gasteiger partial charge in [0.05, 0.1) is 17.9 Å². The zero-order chi connectivity index (χ0) is 17.6. The Morgan fingerprint density at radius 2 is 1.84 bits per heavy atom. The summed E-state index contributed by atoms with van der Waals surface area (Å²) in [5.74, 6) is -0.377. The number of esters is 1. The van der Waals surface area contributed by atoms with Crippen molar-refractivity contribution < 1.29 is 18.7 Å². The van der Waals surface area contributed by atoms with E-state index in [1.807, 2.05) is 31.2 Å². The van der Waals surface area contributed by atoms with Gasteiger partial charge >= 0.3 is 5.97 Å². The van der Waals surface area contributed by atoms with Crippen LogP contribution in [0.4, 0.5) is 4.39 Å². The van der Waals surface area contributed by atoms with Gasteiger partial charge in [0, 0.05) is 11.6 Å². The van der Waals surface area contributed by atoms with E-state index in [9.17, 15) is 9.18 Å². The maximum absolute atomic E-state index is 13.1. The number of hydrogen-bond acceptors (Lipinski definition) is 5. The first-order chi connectivity index (χ1) is 12.2. The van der Waals surface area contributed by atoms with Crippen LogP contribution >= 0.6 is 0 Å². The van der Waals surface area contributed by atoms with E-state index >= 15 is 0 Å². The quantitative estimate of drug-likeness (QED) is 0.660. The van der Waals surface area contributed by atoms with Gasteiger partial charge in [-0.05, 0) is 55.5 Å². The first-order valence-electron chi connectivity index (χ1n) is 7.70. The number of carbonyl (C=O) groups is 1. The smallest absolute Gasteiger partial charge is 0.345 e. The molecule has 0 aliphatic carbocycles. The summed E-state index contributed by atoms with van der Waals surface area (Å²) in [5, 5.41) is 7.93. The predicted octanol–water partition coefficient (Wildman–Crippen LogP) is 3.90. The molecule has 3 rings (SSSR count). The number of ether oxygens (including phenoxy) is 2. The lowest BCUT2D eigenvalue weighted by Gasteiger charge is -2.06. The molecule has 6 heteroatoms. The monoisotopic (exact) mass is 338 g/mol. The molecule has 1 aromatic heterocycles. The maximum Gasteiger partial charge on any atom is 0.345 e. The van der Waals surface area contributed by atoms with Gasteiger partial charge in [-0.3, -0.25) is 0 Å². The Labute approximate surface area is 144 Å². The Hall–Kier alpha value is -3.28. The summed E-state index contributed by atoms with van der Waals surface area (Å²) >= 11 is 0. The molecule has 0 saturated carbocycles. The number of benzene rings is 2. The highest BCUT2D eigenvalue weighted by Crippen LogP contribution is 2.21. The molecule has 0 spiro atoms. The molecule has 0 aliphatic rings. The van der Waals surface area contributed by atoms with Crippen LogP contribution in [-0.4, -0.2) is 22.8 Å². The minimum Gasteiger partial charge on any atom is -0.494 e. The van der Waals surface area contributed by atoms with Crippen LogP contribution in [0.15, 0.2) is 60.7 Å². The fourth-order valence-corrected chi connectivity index (χ4v) is 2.19. The van der Waals surface area contributed by atoms with E-state index < -0.39 is 11.8 Å². The van der Waals surface area contributed by atoms with Gasteiger partial charge in [0.25, 0.3) is 0 Å². The fraction of sp³-hybridized carbons (Fsp3) is 0.105. The minimum atomic E-state index is -0.692. The SMILES string of the molecule is CCOc1ccc(-c2ccc(OC(=O)c3cccc(F)c3)nn2)cc1. The van der Waals surface area contributed by atoms with Crippen LogP contribution in [0, 0.1) is 5.82 Å². The highest BCUT2D eigenvalue weighted by atomic mass is 19.1. The number of hydrogen-bond donors (Lipinski definition) is 0. The Morgan fingerprint density at radius 1 is 1.04 bits per heavy atom. The molecule has 0 atom stereocenters. The van der Waals surface area contributed by atoms with Gasteiger partial charge < -0.3 is 9.47 Å². The first-order valence-corrected chi connectivity index (χ1v) is 7.70. The van der Waals surface area contributed by atoms with E-state index in [1.165, 1.54) is 24.3 Å². The molecule has 126 valence electrons. The highest BCUT2D eigenvalue weighted by Gasteiger charge is 2.11. The number of nitrogens with zero attached hydrogens (tertiary/aromatic N) is 2. The van der Waals surface area contributed by atoms with Gasteiger partial charge in [-0.25, -0.2) is 9.18 Å². The lowest BCUT2D eigenvalue weighted by molar-refractivity contribution is 0.0725. The predicted molar refractivity (Wildman–Crippen MR) is 90.0 cm³/mol. The van der Waals surface area contributed by atoms with Crippen molar-refractivity contribution in [3.05, 3.63) is 72.0 Å². The van der Waals surface area contributed by atoms with Crippen molar-refractivity contribution in [1.29, 1.82) is 0 Å².